The van der Waals surface area contributed by atoms with E-state index in [-0.39, 0.29) is 0 Å². The van der Waals surface area contributed by atoms with Gasteiger partial charge in [0.05, 0.1) is 18.2 Å². The van der Waals surface area contributed by atoms with Gasteiger partial charge in [-0.15, -0.1) is 0 Å². The normalized spacial score (nSPS) is 9.33. The first kappa shape index (κ1) is 13.3. The number of rotatable bonds is 2. The molecule has 0 saturated heterocycles. The van der Waals surface area contributed by atoms with Gasteiger partial charge in [-0.1, -0.05) is 17.3 Å². The minimum atomic E-state index is 0.685. The Balaban J connectivity index is 0. The predicted molar refractivity (Wildman–Crippen MR) is 51.3 cm³/mol. The standard InChI is InChI=1S/C6H10O.C3H7NO/c1-3-5-7-6-4-2;1-3(2)4-5/h3-6H,1-2H3;5H,1-2H3. The van der Waals surface area contributed by atoms with E-state index in [1.54, 1.807) is 26.4 Å². The Morgan fingerprint density at radius 1 is 1.17 bits per heavy atom. The molecule has 0 amide bonds. The molecule has 0 aromatic heterocycles. The Bertz CT molecular complexity index is 146. The Labute approximate surface area is 74.0 Å². The summed E-state index contributed by atoms with van der Waals surface area (Å²) in [6.07, 6.45) is 6.92. The first-order valence-corrected chi connectivity index (χ1v) is 3.72. The third kappa shape index (κ3) is 23.3. The second-order valence-electron chi connectivity index (χ2n) is 2.12. The van der Waals surface area contributed by atoms with Crippen LogP contribution < -0.4 is 0 Å². The minimum absolute atomic E-state index is 0.685. The Hall–Kier alpha value is -1.25. The minimum Gasteiger partial charge on any atom is -0.473 e. The van der Waals surface area contributed by atoms with Crippen LogP contribution in [-0.4, -0.2) is 10.9 Å². The SMILES string of the molecule is CC(C)=NO.CC=COC=CC. The van der Waals surface area contributed by atoms with Crippen molar-refractivity contribution >= 4 is 5.71 Å². The summed E-state index contributed by atoms with van der Waals surface area (Å²) in [7, 11) is 0. The highest BCUT2D eigenvalue weighted by Gasteiger charge is 1.65. The quantitative estimate of drug-likeness (QED) is 0.300. The van der Waals surface area contributed by atoms with Crippen molar-refractivity contribution < 1.29 is 9.94 Å². The number of oxime groups is 1. The molecule has 0 spiro atoms. The van der Waals surface area contributed by atoms with Gasteiger partial charge in [-0.25, -0.2) is 0 Å². The molecule has 0 rings (SSSR count). The molecule has 0 aromatic rings. The maximum absolute atomic E-state index is 7.73. The highest BCUT2D eigenvalue weighted by Crippen LogP contribution is 1.76. The molecule has 0 aliphatic heterocycles. The Kier molecular flexibility index (Phi) is 13.8. The van der Waals surface area contributed by atoms with Gasteiger partial charge in [0.2, 0.25) is 0 Å². The van der Waals surface area contributed by atoms with Crippen molar-refractivity contribution in [3.63, 3.8) is 0 Å². The van der Waals surface area contributed by atoms with Gasteiger partial charge in [0.1, 0.15) is 0 Å². The molecule has 0 bridgehead atoms. The van der Waals surface area contributed by atoms with Crippen molar-refractivity contribution in [1.29, 1.82) is 0 Å². The highest BCUT2D eigenvalue weighted by atomic mass is 16.5. The average molecular weight is 171 g/mol. The van der Waals surface area contributed by atoms with Gasteiger partial charge in [-0.05, 0) is 27.7 Å². The van der Waals surface area contributed by atoms with E-state index < -0.39 is 0 Å². The lowest BCUT2D eigenvalue weighted by atomic mass is 10.5. The zero-order valence-electron chi connectivity index (χ0n) is 8.11. The molecule has 1 N–H and O–H groups in total. The molecule has 0 atom stereocenters. The topological polar surface area (TPSA) is 41.8 Å². The molecule has 0 fully saturated rings. The summed E-state index contributed by atoms with van der Waals surface area (Å²) in [5.41, 5.74) is 0.685. The molecule has 0 saturated carbocycles. The smallest absolute Gasteiger partial charge is 0.0858 e. The van der Waals surface area contributed by atoms with E-state index in [1.165, 1.54) is 0 Å². The van der Waals surface area contributed by atoms with Crippen molar-refractivity contribution in [3.8, 4) is 0 Å². The van der Waals surface area contributed by atoms with Crippen LogP contribution in [0.2, 0.25) is 0 Å². The van der Waals surface area contributed by atoms with Crippen LogP contribution in [0.3, 0.4) is 0 Å². The molecular formula is C9H17NO2. The first-order valence-electron chi connectivity index (χ1n) is 3.72. The zero-order chi connectivity index (χ0) is 9.82. The summed E-state index contributed by atoms with van der Waals surface area (Å²) in [6, 6.07) is 0. The van der Waals surface area contributed by atoms with Crippen LogP contribution >= 0.6 is 0 Å². The molecule has 0 radical (unpaired) electrons. The zero-order valence-corrected chi connectivity index (χ0v) is 8.11. The number of hydrogen-bond donors (Lipinski definition) is 1. The van der Waals surface area contributed by atoms with Gasteiger partial charge in [0, 0.05) is 0 Å². The summed E-state index contributed by atoms with van der Waals surface area (Å²) in [5, 5.41) is 10.5. The Morgan fingerprint density at radius 3 is 1.67 bits per heavy atom. The van der Waals surface area contributed by atoms with Crippen LogP contribution in [0.25, 0.3) is 0 Å². The van der Waals surface area contributed by atoms with Crippen LogP contribution in [0.4, 0.5) is 0 Å². The van der Waals surface area contributed by atoms with E-state index in [2.05, 4.69) is 5.16 Å². The molecule has 0 aliphatic carbocycles. The van der Waals surface area contributed by atoms with Gasteiger partial charge >= 0.3 is 0 Å². The van der Waals surface area contributed by atoms with E-state index in [4.69, 9.17) is 9.94 Å². The molecule has 3 heteroatoms. The lowest BCUT2D eigenvalue weighted by molar-refractivity contribution is 0.318. The fraction of sp³-hybridized carbons (Fsp3) is 0.444. The van der Waals surface area contributed by atoms with E-state index in [0.717, 1.165) is 0 Å². The van der Waals surface area contributed by atoms with Crippen LogP contribution in [0.15, 0.2) is 29.8 Å². The largest absolute Gasteiger partial charge is 0.473 e. The summed E-state index contributed by atoms with van der Waals surface area (Å²) in [5.74, 6) is 0. The third-order valence-corrected chi connectivity index (χ3v) is 0.629. The van der Waals surface area contributed by atoms with E-state index >= 15 is 0 Å². The average Bonchev–Trinajstić information content (AvgIpc) is 2.07. The molecule has 0 aliphatic rings. The van der Waals surface area contributed by atoms with Crippen molar-refractivity contribution in [2.45, 2.75) is 27.7 Å². The Morgan fingerprint density at radius 2 is 1.50 bits per heavy atom. The van der Waals surface area contributed by atoms with E-state index in [9.17, 15) is 0 Å². The predicted octanol–water partition coefficient (Wildman–Crippen LogP) is 2.93. The van der Waals surface area contributed by atoms with Crippen molar-refractivity contribution in [2.75, 3.05) is 0 Å². The molecule has 3 nitrogen and oxygen atoms in total. The second-order valence-corrected chi connectivity index (χ2v) is 2.12. The van der Waals surface area contributed by atoms with Crippen molar-refractivity contribution in [2.24, 2.45) is 5.16 Å². The third-order valence-electron chi connectivity index (χ3n) is 0.629. The lowest BCUT2D eigenvalue weighted by Crippen LogP contribution is -1.74. The number of allylic oxidation sites excluding steroid dienone is 2. The fourth-order valence-corrected chi connectivity index (χ4v) is 0.202. The van der Waals surface area contributed by atoms with Crippen LogP contribution in [0.1, 0.15) is 27.7 Å². The van der Waals surface area contributed by atoms with Gasteiger partial charge in [-0.3, -0.25) is 0 Å². The van der Waals surface area contributed by atoms with E-state index in [1.807, 2.05) is 26.0 Å². The van der Waals surface area contributed by atoms with Crippen molar-refractivity contribution in [3.05, 3.63) is 24.7 Å². The molecule has 70 valence electrons. The van der Waals surface area contributed by atoms with Gasteiger partial charge in [-0.2, -0.15) is 0 Å². The van der Waals surface area contributed by atoms with Crippen LogP contribution in [-0.2, 0) is 4.74 Å². The lowest BCUT2D eigenvalue weighted by Gasteiger charge is -1.82. The molecule has 0 aromatic carbocycles. The van der Waals surface area contributed by atoms with Gasteiger partial charge in [0.25, 0.3) is 0 Å². The second kappa shape index (κ2) is 12.4. The number of nitrogens with zero attached hydrogens (tertiary/aromatic N) is 1. The summed E-state index contributed by atoms with van der Waals surface area (Å²) < 4.78 is 4.77. The maximum atomic E-state index is 7.73. The first-order chi connectivity index (χ1) is 5.68. The summed E-state index contributed by atoms with van der Waals surface area (Å²) in [6.45, 7) is 7.26. The highest BCUT2D eigenvalue weighted by molar-refractivity contribution is 5.78. The molecular weight excluding hydrogens is 154 g/mol. The monoisotopic (exact) mass is 171 g/mol. The van der Waals surface area contributed by atoms with E-state index in [0.29, 0.717) is 5.71 Å². The molecule has 0 heterocycles. The van der Waals surface area contributed by atoms with Crippen molar-refractivity contribution in [1.82, 2.24) is 0 Å². The fourth-order valence-electron chi connectivity index (χ4n) is 0.202. The molecule has 0 unspecified atom stereocenters. The summed E-state index contributed by atoms with van der Waals surface area (Å²) in [4.78, 5) is 0. The molecule has 12 heavy (non-hydrogen) atoms. The van der Waals surface area contributed by atoms with Crippen LogP contribution in [0.5, 0.6) is 0 Å². The van der Waals surface area contributed by atoms with Crippen LogP contribution in [0, 0.1) is 0 Å². The summed E-state index contributed by atoms with van der Waals surface area (Å²) >= 11 is 0. The maximum Gasteiger partial charge on any atom is 0.0858 e. The van der Waals surface area contributed by atoms with Gasteiger partial charge in [0.15, 0.2) is 0 Å². The van der Waals surface area contributed by atoms with Gasteiger partial charge < -0.3 is 9.94 Å². The number of ether oxygens (including phenoxy) is 1. The number of hydrogen-bond acceptors (Lipinski definition) is 3.